The van der Waals surface area contributed by atoms with E-state index in [1.54, 1.807) is 25.3 Å². The van der Waals surface area contributed by atoms with E-state index < -0.39 is 17.8 Å². The third kappa shape index (κ3) is 3.61. The number of carbonyl (C=O) groups excluding carboxylic acids is 3. The monoisotopic (exact) mass is 415 g/mol. The lowest BCUT2D eigenvalue weighted by atomic mass is 10.1. The number of hydrogen-bond donors (Lipinski definition) is 1. The van der Waals surface area contributed by atoms with Crippen molar-refractivity contribution in [1.82, 2.24) is 9.38 Å². The van der Waals surface area contributed by atoms with Gasteiger partial charge in [-0.25, -0.2) is 14.6 Å². The first-order chi connectivity index (χ1) is 13.8. The van der Waals surface area contributed by atoms with Crippen molar-refractivity contribution in [2.75, 3.05) is 19.5 Å². The summed E-state index contributed by atoms with van der Waals surface area (Å²) >= 11 is 0.974. The fourth-order valence-electron chi connectivity index (χ4n) is 3.09. The minimum Gasteiger partial charge on any atom is -0.465 e. The Morgan fingerprint density at radius 1 is 1.14 bits per heavy atom. The van der Waals surface area contributed by atoms with Crippen molar-refractivity contribution in [2.45, 2.75) is 27.2 Å². The van der Waals surface area contributed by atoms with Crippen LogP contribution in [0.2, 0.25) is 0 Å². The fourth-order valence-corrected chi connectivity index (χ4v) is 4.20. The molecular formula is C20H21N3O5S. The topological polar surface area (TPSA) is 99.0 Å². The summed E-state index contributed by atoms with van der Waals surface area (Å²) in [5, 5.41) is 2.96. The van der Waals surface area contributed by atoms with Gasteiger partial charge in [0, 0.05) is 11.9 Å². The number of carbonyl (C=O) groups is 3. The van der Waals surface area contributed by atoms with E-state index in [9.17, 15) is 14.4 Å². The molecule has 0 aromatic carbocycles. The molecule has 0 fully saturated rings. The molecule has 0 atom stereocenters. The Morgan fingerprint density at radius 2 is 1.83 bits per heavy atom. The Kier molecular flexibility index (Phi) is 5.69. The lowest BCUT2D eigenvalue weighted by Gasteiger charge is -2.07. The van der Waals surface area contributed by atoms with Gasteiger partial charge in [-0.05, 0) is 38.0 Å². The van der Waals surface area contributed by atoms with Gasteiger partial charge in [0.15, 0.2) is 0 Å². The van der Waals surface area contributed by atoms with Gasteiger partial charge >= 0.3 is 11.9 Å². The number of hydrogen-bond acceptors (Lipinski definition) is 7. The van der Waals surface area contributed by atoms with Gasteiger partial charge in [0.05, 0.1) is 31.0 Å². The average Bonchev–Trinajstić information content (AvgIpc) is 3.22. The summed E-state index contributed by atoms with van der Waals surface area (Å²) in [7, 11) is 2.49. The predicted octanol–water partition coefficient (Wildman–Crippen LogP) is 3.40. The van der Waals surface area contributed by atoms with Gasteiger partial charge in [-0.15, -0.1) is 11.3 Å². The lowest BCUT2D eigenvalue weighted by molar-refractivity contribution is 0.0601. The minimum absolute atomic E-state index is 0.138. The normalized spacial score (nSPS) is 10.8. The van der Waals surface area contributed by atoms with E-state index in [2.05, 4.69) is 10.3 Å². The third-order valence-electron chi connectivity index (χ3n) is 4.69. The van der Waals surface area contributed by atoms with Crippen LogP contribution >= 0.6 is 11.3 Å². The molecule has 152 valence electrons. The summed E-state index contributed by atoms with van der Waals surface area (Å²) in [6, 6.07) is 3.43. The summed E-state index contributed by atoms with van der Waals surface area (Å²) in [5.74, 6) is -1.64. The summed E-state index contributed by atoms with van der Waals surface area (Å²) in [4.78, 5) is 41.8. The van der Waals surface area contributed by atoms with Gasteiger partial charge in [0.25, 0.3) is 5.91 Å². The molecule has 1 amide bonds. The molecule has 29 heavy (non-hydrogen) atoms. The van der Waals surface area contributed by atoms with Gasteiger partial charge in [0.2, 0.25) is 0 Å². The molecule has 0 aliphatic rings. The maximum atomic E-state index is 12.9. The van der Waals surface area contributed by atoms with Crippen molar-refractivity contribution in [1.29, 1.82) is 0 Å². The molecule has 0 radical (unpaired) electrons. The number of aryl methyl sites for hydroxylation is 2. The first kappa shape index (κ1) is 20.5. The smallest absolute Gasteiger partial charge is 0.348 e. The number of nitrogens with one attached hydrogen (secondary N) is 1. The van der Waals surface area contributed by atoms with E-state index in [1.165, 1.54) is 14.2 Å². The quantitative estimate of drug-likeness (QED) is 0.641. The first-order valence-corrected chi connectivity index (χ1v) is 9.72. The molecular weight excluding hydrogens is 394 g/mol. The van der Waals surface area contributed by atoms with E-state index in [4.69, 9.17) is 9.47 Å². The number of rotatable bonds is 5. The number of ether oxygens (including phenoxy) is 2. The molecule has 0 unspecified atom stereocenters. The van der Waals surface area contributed by atoms with Crippen LogP contribution in [0.4, 0.5) is 5.00 Å². The van der Waals surface area contributed by atoms with E-state index in [0.29, 0.717) is 11.1 Å². The standard InChI is InChI=1S/C20H21N3O5S/c1-6-13-11(3)23-9-12(7-8-14(23)21-13)17(24)22-18-15(19(25)27-4)10(2)16(29-18)20(26)28-5/h7-9H,6H2,1-5H3,(H,22,24). The molecule has 0 aliphatic heterocycles. The molecule has 3 heterocycles. The SMILES string of the molecule is CCc1nc2ccc(C(=O)Nc3sc(C(=O)OC)c(C)c3C(=O)OC)cn2c1C. The van der Waals surface area contributed by atoms with Crippen molar-refractivity contribution in [3.63, 3.8) is 0 Å². The molecule has 0 saturated carbocycles. The van der Waals surface area contributed by atoms with Crippen LogP contribution < -0.4 is 5.32 Å². The van der Waals surface area contributed by atoms with Crippen molar-refractivity contribution in [3.05, 3.63) is 51.3 Å². The first-order valence-electron chi connectivity index (χ1n) is 8.91. The second-order valence-electron chi connectivity index (χ2n) is 6.34. The fraction of sp³-hybridized carbons (Fsp3) is 0.300. The molecule has 3 aromatic rings. The van der Waals surface area contributed by atoms with E-state index in [0.717, 1.165) is 34.8 Å². The van der Waals surface area contributed by atoms with Crippen LogP contribution in [0.1, 0.15) is 54.3 Å². The molecule has 8 nitrogen and oxygen atoms in total. The maximum absolute atomic E-state index is 12.9. The van der Waals surface area contributed by atoms with Crippen LogP contribution in [-0.4, -0.2) is 41.5 Å². The molecule has 0 saturated heterocycles. The highest BCUT2D eigenvalue weighted by molar-refractivity contribution is 7.18. The highest BCUT2D eigenvalue weighted by atomic mass is 32.1. The Bertz CT molecular complexity index is 1130. The molecule has 0 aliphatic carbocycles. The summed E-state index contributed by atoms with van der Waals surface area (Å²) in [6.07, 6.45) is 2.49. The zero-order valence-electron chi connectivity index (χ0n) is 16.8. The van der Waals surface area contributed by atoms with Crippen molar-refractivity contribution >= 4 is 39.8 Å². The molecule has 0 spiro atoms. The number of methoxy groups -OCH3 is 2. The van der Waals surface area contributed by atoms with Crippen LogP contribution in [0.3, 0.4) is 0 Å². The molecule has 1 N–H and O–H groups in total. The molecule has 3 rings (SSSR count). The van der Waals surface area contributed by atoms with Gasteiger partial charge in [-0.2, -0.15) is 0 Å². The Hall–Kier alpha value is -3.20. The van der Waals surface area contributed by atoms with Crippen molar-refractivity contribution in [2.24, 2.45) is 0 Å². The number of pyridine rings is 1. The van der Waals surface area contributed by atoms with E-state index in [-0.39, 0.29) is 15.4 Å². The summed E-state index contributed by atoms with van der Waals surface area (Å²) in [6.45, 7) is 5.58. The van der Waals surface area contributed by atoms with E-state index in [1.807, 2.05) is 18.2 Å². The zero-order chi connectivity index (χ0) is 21.3. The average molecular weight is 415 g/mol. The van der Waals surface area contributed by atoms with Crippen molar-refractivity contribution in [3.8, 4) is 0 Å². The number of thiophene rings is 1. The van der Waals surface area contributed by atoms with Gasteiger partial charge in [0.1, 0.15) is 15.5 Å². The molecule has 3 aromatic heterocycles. The van der Waals surface area contributed by atoms with Gasteiger partial charge in [-0.1, -0.05) is 6.92 Å². The van der Waals surface area contributed by atoms with E-state index >= 15 is 0 Å². The zero-order valence-corrected chi connectivity index (χ0v) is 17.6. The number of imidazole rings is 1. The van der Waals surface area contributed by atoms with Crippen LogP contribution in [-0.2, 0) is 15.9 Å². The van der Waals surface area contributed by atoms with Crippen LogP contribution in [0.15, 0.2) is 18.3 Å². The number of esters is 2. The Labute approximate surface area is 171 Å². The third-order valence-corrected chi connectivity index (χ3v) is 5.87. The molecule has 9 heteroatoms. The Balaban J connectivity index is 2.00. The van der Waals surface area contributed by atoms with Crippen LogP contribution in [0, 0.1) is 13.8 Å². The minimum atomic E-state index is -0.641. The van der Waals surface area contributed by atoms with Gasteiger partial charge < -0.3 is 19.2 Å². The number of aromatic nitrogens is 2. The van der Waals surface area contributed by atoms with Gasteiger partial charge in [-0.3, -0.25) is 4.79 Å². The van der Waals surface area contributed by atoms with Crippen molar-refractivity contribution < 1.29 is 23.9 Å². The number of fused-ring (bicyclic) bond motifs is 1. The number of amides is 1. The lowest BCUT2D eigenvalue weighted by Crippen LogP contribution is -2.15. The maximum Gasteiger partial charge on any atom is 0.348 e. The largest absolute Gasteiger partial charge is 0.465 e. The predicted molar refractivity (Wildman–Crippen MR) is 109 cm³/mol. The highest BCUT2D eigenvalue weighted by Gasteiger charge is 2.27. The summed E-state index contributed by atoms with van der Waals surface area (Å²) < 4.78 is 11.4. The molecule has 0 bridgehead atoms. The number of nitrogens with zero attached hydrogens (tertiary/aromatic N) is 2. The van der Waals surface area contributed by atoms with Crippen LogP contribution in [0.25, 0.3) is 5.65 Å². The number of anilines is 1. The van der Waals surface area contributed by atoms with Crippen LogP contribution in [0.5, 0.6) is 0 Å². The second kappa shape index (κ2) is 8.04. The highest BCUT2D eigenvalue weighted by Crippen LogP contribution is 2.34. The summed E-state index contributed by atoms with van der Waals surface area (Å²) in [5.41, 5.74) is 3.62. The Morgan fingerprint density at radius 3 is 2.45 bits per heavy atom. The second-order valence-corrected chi connectivity index (χ2v) is 7.36.